The zero-order chi connectivity index (χ0) is 11.5. The maximum atomic E-state index is 13.0. The molecule has 0 spiro atoms. The molecule has 16 heavy (non-hydrogen) atoms. The second-order valence-corrected chi connectivity index (χ2v) is 3.23. The first-order valence-corrected chi connectivity index (χ1v) is 4.58. The molecule has 0 saturated carbocycles. The molecule has 0 aliphatic heterocycles. The van der Waals surface area contributed by atoms with E-state index in [0.29, 0.717) is 17.5 Å². The summed E-state index contributed by atoms with van der Waals surface area (Å²) in [5, 5.41) is 0. The molecule has 2 nitrogen and oxygen atoms in total. The van der Waals surface area contributed by atoms with E-state index in [1.54, 1.807) is 0 Å². The number of aromatic nitrogens is 1. The molecule has 0 radical (unpaired) electrons. The molecule has 0 fully saturated rings. The first-order chi connectivity index (χ1) is 7.69. The molecule has 2 rings (SSSR count). The van der Waals surface area contributed by atoms with E-state index in [0.717, 1.165) is 6.07 Å². The van der Waals surface area contributed by atoms with E-state index >= 15 is 0 Å². The van der Waals surface area contributed by atoms with Gasteiger partial charge in [0.1, 0.15) is 12.1 Å². The fourth-order valence-corrected chi connectivity index (χ4v) is 1.35. The van der Waals surface area contributed by atoms with Crippen LogP contribution in [-0.4, -0.2) is 11.3 Å². The van der Waals surface area contributed by atoms with Gasteiger partial charge >= 0.3 is 0 Å². The minimum atomic E-state index is -0.732. The fraction of sp³-hybridized carbons (Fsp3) is 0. The lowest BCUT2D eigenvalue weighted by molar-refractivity contribution is 0.112. The van der Waals surface area contributed by atoms with Crippen LogP contribution in [-0.2, 0) is 0 Å². The van der Waals surface area contributed by atoms with Gasteiger partial charge in [0.25, 0.3) is 0 Å². The second kappa shape index (κ2) is 4.18. The van der Waals surface area contributed by atoms with Crippen molar-refractivity contribution in [1.29, 1.82) is 0 Å². The molecule has 4 heteroatoms. The van der Waals surface area contributed by atoms with Crippen LogP contribution in [0.5, 0.6) is 0 Å². The smallest absolute Gasteiger partial charge is 0.214 e. The second-order valence-electron chi connectivity index (χ2n) is 3.23. The van der Waals surface area contributed by atoms with Crippen LogP contribution in [0.4, 0.5) is 8.78 Å². The zero-order valence-corrected chi connectivity index (χ0v) is 8.15. The number of halogens is 2. The van der Waals surface area contributed by atoms with Gasteiger partial charge in [0.2, 0.25) is 5.95 Å². The number of aldehydes is 1. The summed E-state index contributed by atoms with van der Waals surface area (Å²) in [6, 6.07) is 7.95. The van der Waals surface area contributed by atoms with Gasteiger partial charge in [-0.3, -0.25) is 4.79 Å². The Balaban J connectivity index is 2.51. The van der Waals surface area contributed by atoms with Gasteiger partial charge in [0, 0.05) is 17.2 Å². The van der Waals surface area contributed by atoms with Crippen molar-refractivity contribution in [2.45, 2.75) is 0 Å². The summed E-state index contributed by atoms with van der Waals surface area (Å²) in [6.45, 7) is 0. The monoisotopic (exact) mass is 219 g/mol. The topological polar surface area (TPSA) is 30.0 Å². The number of hydrogen-bond donors (Lipinski definition) is 0. The number of pyridine rings is 1. The lowest BCUT2D eigenvalue weighted by Gasteiger charge is -2.01. The largest absolute Gasteiger partial charge is 0.298 e. The first-order valence-electron chi connectivity index (χ1n) is 4.58. The van der Waals surface area contributed by atoms with E-state index in [-0.39, 0.29) is 11.4 Å². The van der Waals surface area contributed by atoms with E-state index in [2.05, 4.69) is 4.98 Å². The van der Waals surface area contributed by atoms with Crippen molar-refractivity contribution in [2.24, 2.45) is 0 Å². The number of carbonyl (C=O) groups is 1. The molecular weight excluding hydrogens is 212 g/mol. The highest BCUT2D eigenvalue weighted by atomic mass is 19.1. The van der Waals surface area contributed by atoms with Crippen molar-refractivity contribution < 1.29 is 13.6 Å². The van der Waals surface area contributed by atoms with E-state index in [1.807, 2.05) is 0 Å². The Morgan fingerprint density at radius 1 is 1.06 bits per heavy atom. The molecule has 0 aliphatic carbocycles. The highest BCUT2D eigenvalue weighted by molar-refractivity contribution is 5.77. The highest BCUT2D eigenvalue weighted by Crippen LogP contribution is 2.18. The lowest BCUT2D eigenvalue weighted by atomic mass is 10.1. The molecule has 0 saturated heterocycles. The van der Waals surface area contributed by atoms with Gasteiger partial charge in [-0.15, -0.1) is 0 Å². The average molecular weight is 219 g/mol. The number of hydrogen-bond acceptors (Lipinski definition) is 2. The molecular formula is C12H7F2NO. The Bertz CT molecular complexity index is 523. The number of carbonyl (C=O) groups excluding carboxylic acids is 1. The van der Waals surface area contributed by atoms with Gasteiger partial charge in [-0.05, 0) is 30.3 Å². The lowest BCUT2D eigenvalue weighted by Crippen LogP contribution is -1.92. The van der Waals surface area contributed by atoms with Crippen LogP contribution in [0.25, 0.3) is 11.3 Å². The van der Waals surface area contributed by atoms with Crippen molar-refractivity contribution >= 4 is 6.29 Å². The SMILES string of the molecule is O=Cc1cc(F)nc(-c2ccc(F)cc2)c1. The van der Waals surface area contributed by atoms with E-state index in [1.165, 1.54) is 30.3 Å². The van der Waals surface area contributed by atoms with Crippen molar-refractivity contribution in [3.63, 3.8) is 0 Å². The van der Waals surface area contributed by atoms with Crippen molar-refractivity contribution in [1.82, 2.24) is 4.98 Å². The Kier molecular flexibility index (Phi) is 2.72. The van der Waals surface area contributed by atoms with Crippen LogP contribution in [0, 0.1) is 11.8 Å². The first kappa shape index (κ1) is 10.4. The van der Waals surface area contributed by atoms with Crippen LogP contribution in [0.2, 0.25) is 0 Å². The van der Waals surface area contributed by atoms with E-state index < -0.39 is 5.95 Å². The third-order valence-electron chi connectivity index (χ3n) is 2.09. The van der Waals surface area contributed by atoms with Gasteiger partial charge in [-0.2, -0.15) is 4.39 Å². The molecule has 80 valence electrons. The number of nitrogens with zero attached hydrogens (tertiary/aromatic N) is 1. The Labute approximate surface area is 90.6 Å². The van der Waals surface area contributed by atoms with Crippen LogP contribution < -0.4 is 0 Å². The Hall–Kier alpha value is -2.10. The van der Waals surface area contributed by atoms with Gasteiger partial charge < -0.3 is 0 Å². The van der Waals surface area contributed by atoms with Gasteiger partial charge in [0.15, 0.2) is 0 Å². The maximum Gasteiger partial charge on any atom is 0.214 e. The molecule has 0 amide bonds. The number of rotatable bonds is 2. The van der Waals surface area contributed by atoms with E-state index in [4.69, 9.17) is 0 Å². The third-order valence-corrected chi connectivity index (χ3v) is 2.09. The van der Waals surface area contributed by atoms with Crippen LogP contribution in [0.3, 0.4) is 0 Å². The summed E-state index contributed by atoms with van der Waals surface area (Å²) in [7, 11) is 0. The van der Waals surface area contributed by atoms with Gasteiger partial charge in [0.05, 0.1) is 5.69 Å². The molecule has 1 heterocycles. The highest BCUT2D eigenvalue weighted by Gasteiger charge is 2.04. The molecule has 0 unspecified atom stereocenters. The van der Waals surface area contributed by atoms with Crippen molar-refractivity contribution in [3.8, 4) is 11.3 Å². The molecule has 0 aliphatic rings. The minimum Gasteiger partial charge on any atom is -0.298 e. The zero-order valence-electron chi connectivity index (χ0n) is 8.15. The van der Waals surface area contributed by atoms with Gasteiger partial charge in [-0.1, -0.05) is 0 Å². The van der Waals surface area contributed by atoms with Crippen LogP contribution in [0.1, 0.15) is 10.4 Å². The number of benzene rings is 1. The summed E-state index contributed by atoms with van der Waals surface area (Å²) < 4.78 is 25.7. The third kappa shape index (κ3) is 2.11. The molecule has 0 atom stereocenters. The Morgan fingerprint density at radius 3 is 2.38 bits per heavy atom. The summed E-state index contributed by atoms with van der Waals surface area (Å²) in [6.07, 6.45) is 0.539. The molecule has 0 bridgehead atoms. The molecule has 1 aromatic heterocycles. The van der Waals surface area contributed by atoms with Crippen molar-refractivity contribution in [2.75, 3.05) is 0 Å². The molecule has 1 aromatic carbocycles. The maximum absolute atomic E-state index is 13.0. The quantitative estimate of drug-likeness (QED) is 0.574. The summed E-state index contributed by atoms with van der Waals surface area (Å²) in [5.74, 6) is -1.11. The predicted molar refractivity (Wildman–Crippen MR) is 55.0 cm³/mol. The van der Waals surface area contributed by atoms with Crippen LogP contribution in [0.15, 0.2) is 36.4 Å². The minimum absolute atomic E-state index is 0.201. The standard InChI is InChI=1S/C12H7F2NO/c13-10-3-1-9(2-4-10)11-5-8(7-16)6-12(14)15-11/h1-7H. The van der Waals surface area contributed by atoms with E-state index in [9.17, 15) is 13.6 Å². The summed E-state index contributed by atoms with van der Waals surface area (Å²) >= 11 is 0. The average Bonchev–Trinajstić information content (AvgIpc) is 2.29. The van der Waals surface area contributed by atoms with Crippen LogP contribution >= 0.6 is 0 Å². The molecule has 0 N–H and O–H groups in total. The summed E-state index contributed by atoms with van der Waals surface area (Å²) in [4.78, 5) is 14.2. The molecule has 2 aromatic rings. The fourth-order valence-electron chi connectivity index (χ4n) is 1.35. The van der Waals surface area contributed by atoms with Crippen molar-refractivity contribution in [3.05, 3.63) is 53.7 Å². The summed E-state index contributed by atoms with van der Waals surface area (Å²) in [5.41, 5.74) is 1.07. The Morgan fingerprint density at radius 2 is 1.75 bits per heavy atom. The predicted octanol–water partition coefficient (Wildman–Crippen LogP) is 2.84. The van der Waals surface area contributed by atoms with Gasteiger partial charge in [-0.25, -0.2) is 9.37 Å². The normalized spacial score (nSPS) is 10.1.